The molecule has 0 fully saturated rings. The fourth-order valence-electron chi connectivity index (χ4n) is 3.86. The number of carboxylic acids is 1. The Morgan fingerprint density at radius 1 is 0.745 bits per heavy atom. The Labute approximate surface area is 290 Å². The van der Waals surface area contributed by atoms with Crippen LogP contribution in [0.5, 0.6) is 0 Å². The number of rotatable bonds is 24. The van der Waals surface area contributed by atoms with Gasteiger partial charge in [-0.3, -0.25) is 38.3 Å². The monoisotopic (exact) mass is 758 g/mol. The summed E-state index contributed by atoms with van der Waals surface area (Å²) < 4.78 is 15.5. The number of carbonyl (C=O) groups is 7. The van der Waals surface area contributed by atoms with Crippen LogP contribution >= 0.6 is 7.82 Å². The Hall–Kier alpha value is -4.49. The summed E-state index contributed by atoms with van der Waals surface area (Å²) in [5.41, 5.74) is 21.4. The Bertz CT molecular complexity index is 1310. The molecule has 292 valence electrons. The highest BCUT2D eigenvalue weighted by Crippen LogP contribution is 2.35. The van der Waals surface area contributed by atoms with E-state index in [4.69, 9.17) is 32.7 Å². The molecule has 0 aliphatic carbocycles. The molecule has 0 heterocycles. The van der Waals surface area contributed by atoms with Crippen LogP contribution in [0.15, 0.2) is 4.99 Å². The molecule has 0 aliphatic heterocycles. The van der Waals surface area contributed by atoms with Crippen molar-refractivity contribution in [2.45, 2.75) is 88.0 Å². The quantitative estimate of drug-likeness (QED) is 0.0188. The van der Waals surface area contributed by atoms with E-state index in [9.17, 15) is 58.6 Å². The summed E-state index contributed by atoms with van der Waals surface area (Å²) in [6, 6.07) is -10.5. The molecule has 0 aromatic carbocycles. The van der Waals surface area contributed by atoms with Gasteiger partial charge in [-0.25, -0.2) is 9.36 Å². The zero-order chi connectivity index (χ0) is 39.6. The topological polar surface area (TPSA) is 444 Å². The van der Waals surface area contributed by atoms with Gasteiger partial charge in [0.15, 0.2) is 12.0 Å². The van der Waals surface area contributed by atoms with E-state index in [0.29, 0.717) is 0 Å². The summed E-state index contributed by atoms with van der Waals surface area (Å²) in [5, 5.41) is 49.3. The van der Waals surface area contributed by atoms with E-state index in [-0.39, 0.29) is 38.2 Å². The number of primary amides is 1. The van der Waals surface area contributed by atoms with Gasteiger partial charge >= 0.3 is 13.8 Å². The number of hydrogen-bond acceptors (Lipinski definition) is 14. The predicted molar refractivity (Wildman–Crippen MR) is 172 cm³/mol. The number of aliphatic hydroxyl groups is 3. The molecule has 6 amide bonds. The van der Waals surface area contributed by atoms with Gasteiger partial charge in [-0.15, -0.1) is 0 Å². The molecule has 26 heteroatoms. The van der Waals surface area contributed by atoms with Gasteiger partial charge in [-0.05, 0) is 33.1 Å². The molecule has 0 aliphatic rings. The molecule has 0 aromatic heterocycles. The number of hydrogen-bond donors (Lipinski definition) is 15. The van der Waals surface area contributed by atoms with Crippen molar-refractivity contribution in [3.63, 3.8) is 0 Å². The number of carboxylic acid groups (broad SMARTS) is 1. The van der Waals surface area contributed by atoms with Gasteiger partial charge in [0.05, 0.1) is 31.5 Å². The first kappa shape index (κ1) is 46.5. The number of guanidine groups is 1. The number of amides is 6. The molecule has 0 saturated heterocycles. The number of nitrogens with zero attached hydrogens (tertiary/aromatic N) is 1. The van der Waals surface area contributed by atoms with Crippen molar-refractivity contribution in [1.29, 1.82) is 0 Å². The zero-order valence-corrected chi connectivity index (χ0v) is 28.5. The maximum Gasteiger partial charge on any atom is 0.469 e. The summed E-state index contributed by atoms with van der Waals surface area (Å²) in [4.78, 5) is 109. The maximum absolute atomic E-state index is 13.2. The van der Waals surface area contributed by atoms with Crippen LogP contribution in [0.4, 0.5) is 0 Å². The van der Waals surface area contributed by atoms with Crippen molar-refractivity contribution in [1.82, 2.24) is 26.6 Å². The lowest BCUT2D eigenvalue weighted by molar-refractivity contribution is -0.145. The molecule has 19 N–H and O–H groups in total. The highest BCUT2D eigenvalue weighted by Gasteiger charge is 2.36. The minimum Gasteiger partial charge on any atom is -0.480 e. The smallest absolute Gasteiger partial charge is 0.469 e. The number of nitrogens with two attached hydrogens (primary N) is 4. The molecule has 8 atom stereocenters. The molecular weight excluding hydrogens is 711 g/mol. The lowest BCUT2D eigenvalue weighted by atomic mass is 10.1. The van der Waals surface area contributed by atoms with Gasteiger partial charge in [0.2, 0.25) is 35.4 Å². The first-order valence-corrected chi connectivity index (χ1v) is 16.5. The summed E-state index contributed by atoms with van der Waals surface area (Å²) in [7, 11) is -5.27. The maximum atomic E-state index is 13.2. The first-order valence-electron chi connectivity index (χ1n) is 15.0. The number of aliphatic imine (C=N–C) groups is 1. The van der Waals surface area contributed by atoms with Crippen molar-refractivity contribution >= 4 is 55.2 Å². The van der Waals surface area contributed by atoms with Gasteiger partial charge in [-0.1, -0.05) is 0 Å². The van der Waals surface area contributed by atoms with Gasteiger partial charge in [0.1, 0.15) is 24.2 Å². The Morgan fingerprint density at radius 2 is 1.24 bits per heavy atom. The van der Waals surface area contributed by atoms with Crippen LogP contribution in [-0.4, -0.2) is 146 Å². The Morgan fingerprint density at radius 3 is 1.71 bits per heavy atom. The van der Waals surface area contributed by atoms with E-state index < -0.39 is 111 Å². The number of phosphoric acid groups is 1. The summed E-state index contributed by atoms with van der Waals surface area (Å²) >= 11 is 0. The third kappa shape index (κ3) is 18.9. The van der Waals surface area contributed by atoms with Gasteiger partial charge in [0, 0.05) is 13.0 Å². The van der Waals surface area contributed by atoms with E-state index in [1.807, 2.05) is 16.0 Å². The second-order valence-corrected chi connectivity index (χ2v) is 12.2. The number of nitrogens with one attached hydrogen (secondary N) is 5. The fraction of sp³-hybridized carbons (Fsp3) is 0.680. The van der Waals surface area contributed by atoms with E-state index in [1.54, 1.807) is 0 Å². The number of aliphatic carboxylic acids is 1. The highest BCUT2D eigenvalue weighted by molar-refractivity contribution is 7.46. The van der Waals surface area contributed by atoms with Crippen molar-refractivity contribution < 1.29 is 72.9 Å². The van der Waals surface area contributed by atoms with Gasteiger partial charge < -0.3 is 79.7 Å². The molecule has 0 unspecified atom stereocenters. The van der Waals surface area contributed by atoms with E-state index in [1.165, 1.54) is 0 Å². The second kappa shape index (κ2) is 22.4. The summed E-state index contributed by atoms with van der Waals surface area (Å²) in [6.07, 6.45) is -3.88. The van der Waals surface area contributed by atoms with Crippen LogP contribution in [0.3, 0.4) is 0 Å². The first-order chi connectivity index (χ1) is 23.5. The molecule has 25 nitrogen and oxygen atoms in total. The standard InChI is InChI=1S/C25H47N10O15P/c1-10(37)17(23(44)33-15(9-50-51(47,48)49)22(43)35-18(11(2)38)24(45)46)34-21(42)14(8-36)32-20(41)13(4-3-7-30-25(28)29)31-19(40)12(26)5-6-16(27)39/h10-15,17-18,36-38H,3-9,26H2,1-2H3,(H2,27,39)(H,31,40)(H,32,41)(H,33,44)(H,34,42)(H,35,43)(H,45,46)(H4,28,29,30)(H2,47,48,49)/t10-,11-,12+,13+,14+,15+,17+,18+/m1/s1. The molecule has 0 rings (SSSR count). The number of carbonyl (C=O) groups excluding carboxylic acids is 6. The average Bonchev–Trinajstić information content (AvgIpc) is 3.01. The molecule has 0 spiro atoms. The van der Waals surface area contributed by atoms with Crippen LogP contribution in [0, 0.1) is 0 Å². The summed E-state index contributed by atoms with van der Waals surface area (Å²) in [5.74, 6) is -8.72. The summed E-state index contributed by atoms with van der Waals surface area (Å²) in [6.45, 7) is -0.352. The van der Waals surface area contributed by atoms with Crippen molar-refractivity contribution in [2.24, 2.45) is 27.9 Å². The van der Waals surface area contributed by atoms with E-state index >= 15 is 0 Å². The number of aliphatic hydroxyl groups excluding tert-OH is 3. The van der Waals surface area contributed by atoms with Crippen molar-refractivity contribution in [2.75, 3.05) is 19.8 Å². The molecular formula is C25H47N10O15P. The van der Waals surface area contributed by atoms with E-state index in [0.717, 1.165) is 13.8 Å². The molecule has 0 saturated carbocycles. The van der Waals surface area contributed by atoms with Crippen molar-refractivity contribution in [3.05, 3.63) is 0 Å². The van der Waals surface area contributed by atoms with Crippen LogP contribution in [0.1, 0.15) is 39.5 Å². The van der Waals surface area contributed by atoms with Crippen LogP contribution in [0.2, 0.25) is 0 Å². The molecule has 0 bridgehead atoms. The Balaban J connectivity index is 6.01. The number of phosphoric ester groups is 1. The highest BCUT2D eigenvalue weighted by atomic mass is 31.2. The lowest BCUT2D eigenvalue weighted by Crippen LogP contribution is -2.62. The van der Waals surface area contributed by atoms with Crippen molar-refractivity contribution in [3.8, 4) is 0 Å². The zero-order valence-electron chi connectivity index (χ0n) is 27.6. The van der Waals surface area contributed by atoms with Crippen LogP contribution < -0.4 is 49.5 Å². The van der Waals surface area contributed by atoms with Crippen LogP contribution in [0.25, 0.3) is 0 Å². The largest absolute Gasteiger partial charge is 0.480 e. The van der Waals surface area contributed by atoms with Gasteiger partial charge in [-0.2, -0.15) is 0 Å². The normalized spacial score (nSPS) is 16.0. The molecule has 0 radical (unpaired) electrons. The molecule has 51 heavy (non-hydrogen) atoms. The Kier molecular flexibility index (Phi) is 20.4. The third-order valence-corrected chi connectivity index (χ3v) is 7.07. The fourth-order valence-corrected chi connectivity index (χ4v) is 4.21. The third-order valence-electron chi connectivity index (χ3n) is 6.58. The minimum atomic E-state index is -5.27. The second-order valence-electron chi connectivity index (χ2n) is 11.0. The van der Waals surface area contributed by atoms with Crippen LogP contribution in [-0.2, 0) is 42.7 Å². The SMILES string of the molecule is C[C@@H](O)[C@H](NC(=O)[C@H](COP(=O)(O)O)NC(=O)[C@@H](NC(=O)[C@H](CO)NC(=O)[C@H](CCCN=C(N)N)NC(=O)[C@@H](N)CCC(N)=O)[C@@H](C)O)C(=O)O. The average molecular weight is 759 g/mol. The predicted octanol–water partition coefficient (Wildman–Crippen LogP) is -8.00. The molecule has 0 aromatic rings. The minimum absolute atomic E-state index is 0.0129. The van der Waals surface area contributed by atoms with E-state index in [2.05, 4.69) is 20.1 Å². The van der Waals surface area contributed by atoms with Gasteiger partial charge in [0.25, 0.3) is 0 Å². The lowest BCUT2D eigenvalue weighted by Gasteiger charge is -2.28.